The lowest BCUT2D eigenvalue weighted by atomic mass is 9.88. The lowest BCUT2D eigenvalue weighted by Crippen LogP contribution is -2.33. The van der Waals surface area contributed by atoms with Crippen LogP contribution >= 0.6 is 0 Å². The fourth-order valence-corrected chi connectivity index (χ4v) is 4.01. The number of nitrogens with zero attached hydrogens (tertiary/aromatic N) is 3. The summed E-state index contributed by atoms with van der Waals surface area (Å²) in [5.74, 6) is -0.321. The average Bonchev–Trinajstić information content (AvgIpc) is 2.89. The van der Waals surface area contributed by atoms with Crippen LogP contribution in [0.25, 0.3) is 0 Å². The van der Waals surface area contributed by atoms with Gasteiger partial charge in [-0.05, 0) is 55.3 Å². The van der Waals surface area contributed by atoms with E-state index in [1.807, 2.05) is 12.1 Å². The molecule has 0 atom stereocenters. The van der Waals surface area contributed by atoms with Crippen LogP contribution in [0.5, 0.6) is 0 Å². The molecule has 0 spiro atoms. The third-order valence-corrected chi connectivity index (χ3v) is 6.01. The molecule has 10 nitrogen and oxygen atoms in total. The summed E-state index contributed by atoms with van der Waals surface area (Å²) in [6, 6.07) is 13.3. The van der Waals surface area contributed by atoms with Crippen LogP contribution in [0.1, 0.15) is 44.1 Å². The Labute approximate surface area is 210 Å². The first-order chi connectivity index (χ1) is 17.4. The van der Waals surface area contributed by atoms with Crippen LogP contribution in [-0.2, 0) is 9.59 Å². The Kier molecular flexibility index (Phi) is 9.40. The molecule has 0 aromatic heterocycles. The van der Waals surface area contributed by atoms with Crippen molar-refractivity contribution in [3.05, 3.63) is 48.0 Å². The molecule has 2 aromatic rings. The van der Waals surface area contributed by atoms with Crippen molar-refractivity contribution in [2.45, 2.75) is 38.5 Å². The van der Waals surface area contributed by atoms with Gasteiger partial charge in [0.25, 0.3) is 0 Å². The lowest BCUT2D eigenvalue weighted by molar-refractivity contribution is -0.123. The van der Waals surface area contributed by atoms with Crippen LogP contribution in [0.4, 0.5) is 27.5 Å². The number of nitrogens with one attached hydrogen (secondary N) is 3. The van der Waals surface area contributed by atoms with Crippen molar-refractivity contribution >= 4 is 46.9 Å². The summed E-state index contributed by atoms with van der Waals surface area (Å²) >= 11 is 0. The Morgan fingerprint density at radius 1 is 1.14 bits per heavy atom. The fraction of sp³-hybridized carbons (Fsp3) is 0.346. The van der Waals surface area contributed by atoms with Crippen LogP contribution in [-0.4, -0.2) is 37.8 Å². The number of carbonyl (C=O) groups excluding carboxylic acids is 3. The number of benzene rings is 2. The third-order valence-electron chi connectivity index (χ3n) is 6.01. The summed E-state index contributed by atoms with van der Waals surface area (Å²) < 4.78 is 0. The Bertz CT molecular complexity index is 1150. The number of hydrogen-bond acceptors (Lipinski definition) is 6. The first-order valence-corrected chi connectivity index (χ1v) is 11.9. The van der Waals surface area contributed by atoms with Gasteiger partial charge in [-0.15, -0.1) is 0 Å². The number of hydrogen-bond donors (Lipinski definition) is 4. The predicted octanol–water partition coefficient (Wildman–Crippen LogP) is 3.87. The van der Waals surface area contributed by atoms with Crippen molar-refractivity contribution in [1.82, 2.24) is 5.32 Å². The third kappa shape index (κ3) is 7.56. The highest BCUT2D eigenvalue weighted by atomic mass is 16.2. The normalized spacial score (nSPS) is 13.6. The Hall–Kier alpha value is -4.39. The summed E-state index contributed by atoms with van der Waals surface area (Å²) in [5.41, 5.74) is 8.05. The molecule has 4 amide bonds. The van der Waals surface area contributed by atoms with E-state index in [1.54, 1.807) is 48.3 Å². The van der Waals surface area contributed by atoms with E-state index in [-0.39, 0.29) is 18.2 Å². The van der Waals surface area contributed by atoms with Gasteiger partial charge in [0.05, 0.1) is 29.3 Å². The topological polar surface area (TPSA) is 153 Å². The number of primary amides is 1. The zero-order valence-electron chi connectivity index (χ0n) is 20.3. The summed E-state index contributed by atoms with van der Waals surface area (Å²) in [6.45, 7) is 0.320. The molecule has 0 heterocycles. The summed E-state index contributed by atoms with van der Waals surface area (Å²) in [5, 5.41) is 17.2. The van der Waals surface area contributed by atoms with Crippen LogP contribution < -0.4 is 26.6 Å². The maximum Gasteiger partial charge on any atom is 0.324 e. The Morgan fingerprint density at radius 2 is 1.86 bits per heavy atom. The highest BCUT2D eigenvalue weighted by molar-refractivity contribution is 5.98. The van der Waals surface area contributed by atoms with Crippen molar-refractivity contribution < 1.29 is 14.4 Å². The molecule has 2 aromatic carbocycles. The molecule has 0 unspecified atom stereocenters. The maximum absolute atomic E-state index is 13.0. The zero-order chi connectivity index (χ0) is 25.9. The molecule has 0 saturated heterocycles. The number of nitriles is 1. The SMILES string of the molecule is CN(C(=O)C1CCCCC1)c1ccc(NCCC(N)=O)c(N=CNC(=O)Nc2ccc(C#N)cc2)c1. The van der Waals surface area contributed by atoms with Gasteiger partial charge in [0, 0.05) is 37.3 Å². The Morgan fingerprint density at radius 3 is 2.53 bits per heavy atom. The van der Waals surface area contributed by atoms with Crippen LogP contribution in [0.15, 0.2) is 47.5 Å². The summed E-state index contributed by atoms with van der Waals surface area (Å²) in [6.07, 6.45) is 6.51. The van der Waals surface area contributed by atoms with E-state index >= 15 is 0 Å². The van der Waals surface area contributed by atoms with Crippen molar-refractivity contribution in [3.63, 3.8) is 0 Å². The van der Waals surface area contributed by atoms with Gasteiger partial charge >= 0.3 is 6.03 Å². The number of carbonyl (C=O) groups is 3. The van der Waals surface area contributed by atoms with Gasteiger partial charge in [0.15, 0.2) is 0 Å². The molecule has 3 rings (SSSR count). The number of amides is 4. The van der Waals surface area contributed by atoms with Crippen LogP contribution in [0.3, 0.4) is 0 Å². The first kappa shape index (κ1) is 26.2. The molecule has 1 fully saturated rings. The molecule has 0 aliphatic heterocycles. The monoisotopic (exact) mass is 489 g/mol. The van der Waals surface area contributed by atoms with E-state index in [2.05, 4.69) is 20.9 Å². The van der Waals surface area contributed by atoms with E-state index < -0.39 is 11.9 Å². The predicted molar refractivity (Wildman–Crippen MR) is 140 cm³/mol. The van der Waals surface area contributed by atoms with Gasteiger partial charge in [0.1, 0.15) is 0 Å². The number of rotatable bonds is 9. The second-order valence-corrected chi connectivity index (χ2v) is 8.62. The van der Waals surface area contributed by atoms with Crippen molar-refractivity contribution in [1.29, 1.82) is 5.26 Å². The molecule has 5 N–H and O–H groups in total. The van der Waals surface area contributed by atoms with Gasteiger partial charge in [-0.2, -0.15) is 5.26 Å². The van der Waals surface area contributed by atoms with Gasteiger partial charge in [-0.25, -0.2) is 9.79 Å². The minimum Gasteiger partial charge on any atom is -0.383 e. The van der Waals surface area contributed by atoms with Crippen molar-refractivity contribution in [2.75, 3.05) is 29.1 Å². The molecular weight excluding hydrogens is 458 g/mol. The highest BCUT2D eigenvalue weighted by Gasteiger charge is 2.25. The number of nitrogens with two attached hydrogens (primary N) is 1. The van der Waals surface area contributed by atoms with Crippen molar-refractivity contribution in [3.8, 4) is 6.07 Å². The first-order valence-electron chi connectivity index (χ1n) is 11.9. The molecule has 1 aliphatic rings. The average molecular weight is 490 g/mol. The number of anilines is 3. The van der Waals surface area contributed by atoms with Crippen molar-refractivity contribution in [2.24, 2.45) is 16.6 Å². The van der Waals surface area contributed by atoms with E-state index in [0.29, 0.717) is 34.9 Å². The minimum absolute atomic E-state index is 0.0247. The highest BCUT2D eigenvalue weighted by Crippen LogP contribution is 2.32. The number of urea groups is 1. The Balaban J connectivity index is 1.71. The molecule has 10 heteroatoms. The standard InChI is InChI=1S/C26H31N7O3/c1-33(25(35)19-5-3-2-4-6-19)21-11-12-22(29-14-13-24(28)34)23(15-21)30-17-31-26(36)32-20-9-7-18(16-27)8-10-20/h7-12,15,17,19,29H,2-6,13-14H2,1H3,(H2,28,34)(H2,30,31,32,36). The summed E-state index contributed by atoms with van der Waals surface area (Å²) in [7, 11) is 1.75. The van der Waals surface area contributed by atoms with Crippen LogP contribution in [0, 0.1) is 17.2 Å². The van der Waals surface area contributed by atoms with Crippen LogP contribution in [0.2, 0.25) is 0 Å². The largest absolute Gasteiger partial charge is 0.383 e. The van der Waals surface area contributed by atoms with Gasteiger partial charge < -0.3 is 21.3 Å². The molecule has 36 heavy (non-hydrogen) atoms. The smallest absolute Gasteiger partial charge is 0.324 e. The molecule has 1 saturated carbocycles. The van der Waals surface area contributed by atoms with E-state index in [9.17, 15) is 14.4 Å². The second-order valence-electron chi connectivity index (χ2n) is 8.62. The zero-order valence-corrected chi connectivity index (χ0v) is 20.3. The number of aliphatic imine (C=N–C) groups is 1. The molecule has 1 aliphatic carbocycles. The fourth-order valence-electron chi connectivity index (χ4n) is 4.01. The molecule has 0 bridgehead atoms. The van der Waals surface area contributed by atoms with Gasteiger partial charge in [-0.1, -0.05) is 19.3 Å². The lowest BCUT2D eigenvalue weighted by Gasteiger charge is -2.27. The maximum atomic E-state index is 13.0. The minimum atomic E-state index is -0.507. The molecule has 0 radical (unpaired) electrons. The van der Waals surface area contributed by atoms with Gasteiger partial charge in [0.2, 0.25) is 11.8 Å². The van der Waals surface area contributed by atoms with Gasteiger partial charge in [-0.3, -0.25) is 14.9 Å². The molecular formula is C26H31N7O3. The molecule has 188 valence electrons. The van der Waals surface area contributed by atoms with E-state index in [1.165, 1.54) is 12.8 Å². The van der Waals surface area contributed by atoms with E-state index in [4.69, 9.17) is 11.0 Å². The van der Waals surface area contributed by atoms with E-state index in [0.717, 1.165) is 25.7 Å². The summed E-state index contributed by atoms with van der Waals surface area (Å²) in [4.78, 5) is 42.4. The quantitative estimate of drug-likeness (QED) is 0.311. The second kappa shape index (κ2) is 12.9.